The molecule has 1 N–H and O–H groups in total. The first-order valence-corrected chi connectivity index (χ1v) is 6.22. The highest BCUT2D eigenvalue weighted by molar-refractivity contribution is 5.12. The lowest BCUT2D eigenvalue weighted by atomic mass is 10.0. The van der Waals surface area contributed by atoms with E-state index < -0.39 is 0 Å². The van der Waals surface area contributed by atoms with Gasteiger partial charge in [-0.1, -0.05) is 6.92 Å². The van der Waals surface area contributed by atoms with Crippen molar-refractivity contribution in [3.63, 3.8) is 0 Å². The van der Waals surface area contributed by atoms with E-state index in [1.54, 1.807) is 0 Å². The van der Waals surface area contributed by atoms with Crippen molar-refractivity contribution in [3.05, 3.63) is 18.0 Å². The number of aryl methyl sites for hydroxylation is 1. The van der Waals surface area contributed by atoms with Gasteiger partial charge in [-0.15, -0.1) is 0 Å². The van der Waals surface area contributed by atoms with E-state index in [4.69, 9.17) is 9.47 Å². The maximum absolute atomic E-state index is 5.78. The van der Waals surface area contributed by atoms with Gasteiger partial charge in [-0.05, 0) is 13.0 Å². The second kappa shape index (κ2) is 6.14. The van der Waals surface area contributed by atoms with Crippen molar-refractivity contribution in [1.29, 1.82) is 0 Å². The van der Waals surface area contributed by atoms with Crippen molar-refractivity contribution in [2.45, 2.75) is 25.5 Å². The Morgan fingerprint density at radius 2 is 2.47 bits per heavy atom. The zero-order chi connectivity index (χ0) is 12.1. The predicted molar refractivity (Wildman–Crippen MR) is 64.8 cm³/mol. The average molecular weight is 239 g/mol. The van der Waals surface area contributed by atoms with E-state index in [1.165, 1.54) is 0 Å². The lowest BCUT2D eigenvalue weighted by Gasteiger charge is -2.30. The van der Waals surface area contributed by atoms with Gasteiger partial charge in [0.2, 0.25) is 0 Å². The molecule has 5 nitrogen and oxygen atoms in total. The Balaban J connectivity index is 2.06. The van der Waals surface area contributed by atoms with Gasteiger partial charge >= 0.3 is 0 Å². The molecule has 0 saturated carbocycles. The summed E-state index contributed by atoms with van der Waals surface area (Å²) in [7, 11) is 1.93. The quantitative estimate of drug-likeness (QED) is 0.828. The fraction of sp³-hybridized carbons (Fsp3) is 0.750. The van der Waals surface area contributed by atoms with Crippen LogP contribution in [0.25, 0.3) is 0 Å². The van der Waals surface area contributed by atoms with Gasteiger partial charge in [0.1, 0.15) is 6.10 Å². The summed E-state index contributed by atoms with van der Waals surface area (Å²) in [6.07, 6.45) is 5.11. The van der Waals surface area contributed by atoms with Gasteiger partial charge in [0.25, 0.3) is 0 Å². The van der Waals surface area contributed by atoms with Crippen LogP contribution < -0.4 is 5.32 Å². The Hall–Kier alpha value is -0.910. The van der Waals surface area contributed by atoms with Crippen LogP contribution >= 0.6 is 0 Å². The molecule has 2 rings (SSSR count). The fourth-order valence-corrected chi connectivity index (χ4v) is 2.06. The van der Waals surface area contributed by atoms with Crippen LogP contribution in [-0.4, -0.2) is 42.2 Å². The second-order valence-corrected chi connectivity index (χ2v) is 4.36. The third-order valence-corrected chi connectivity index (χ3v) is 2.91. The zero-order valence-electron chi connectivity index (χ0n) is 10.6. The molecule has 0 spiro atoms. The van der Waals surface area contributed by atoms with Crippen molar-refractivity contribution in [2.24, 2.45) is 7.05 Å². The molecule has 2 unspecified atom stereocenters. The van der Waals surface area contributed by atoms with Crippen molar-refractivity contribution in [2.75, 3.05) is 26.4 Å². The van der Waals surface area contributed by atoms with E-state index in [9.17, 15) is 0 Å². The third-order valence-electron chi connectivity index (χ3n) is 2.91. The largest absolute Gasteiger partial charge is 0.376 e. The summed E-state index contributed by atoms with van der Waals surface area (Å²) in [6.45, 7) is 5.15. The number of hydrogen-bond acceptors (Lipinski definition) is 4. The van der Waals surface area contributed by atoms with Crippen LogP contribution in [0.3, 0.4) is 0 Å². The Morgan fingerprint density at radius 1 is 1.59 bits per heavy atom. The maximum atomic E-state index is 5.78. The number of hydrogen-bond donors (Lipinski definition) is 1. The Labute approximate surface area is 102 Å². The van der Waals surface area contributed by atoms with E-state index in [1.807, 2.05) is 24.1 Å². The summed E-state index contributed by atoms with van der Waals surface area (Å²) >= 11 is 0. The molecule has 17 heavy (non-hydrogen) atoms. The molecule has 2 heterocycles. The van der Waals surface area contributed by atoms with Crippen LogP contribution in [0.1, 0.15) is 24.9 Å². The molecule has 0 bridgehead atoms. The van der Waals surface area contributed by atoms with E-state index in [0.29, 0.717) is 19.8 Å². The topological polar surface area (TPSA) is 48.3 Å². The summed E-state index contributed by atoms with van der Waals surface area (Å²) < 4.78 is 13.1. The van der Waals surface area contributed by atoms with Gasteiger partial charge in [-0.25, -0.2) is 0 Å². The average Bonchev–Trinajstić information content (AvgIpc) is 2.78. The van der Waals surface area contributed by atoms with E-state index >= 15 is 0 Å². The molecule has 5 heteroatoms. The lowest BCUT2D eigenvalue weighted by Crippen LogP contribution is -2.40. The highest BCUT2D eigenvalue weighted by Crippen LogP contribution is 2.21. The third kappa shape index (κ3) is 3.28. The summed E-state index contributed by atoms with van der Waals surface area (Å²) in [5.74, 6) is 0. The first-order valence-electron chi connectivity index (χ1n) is 6.22. The molecule has 1 aliphatic heterocycles. The minimum atomic E-state index is 0.0829. The Morgan fingerprint density at radius 3 is 3.06 bits per heavy atom. The number of ether oxygens (including phenoxy) is 2. The lowest BCUT2D eigenvalue weighted by molar-refractivity contribution is -0.102. The van der Waals surface area contributed by atoms with Crippen LogP contribution in [-0.2, 0) is 16.5 Å². The zero-order valence-corrected chi connectivity index (χ0v) is 10.6. The Kier molecular flexibility index (Phi) is 4.53. The molecule has 1 fully saturated rings. The van der Waals surface area contributed by atoms with E-state index in [2.05, 4.69) is 17.3 Å². The fourth-order valence-electron chi connectivity index (χ4n) is 2.06. The second-order valence-electron chi connectivity index (χ2n) is 4.36. The van der Waals surface area contributed by atoms with Crippen LogP contribution in [0.4, 0.5) is 0 Å². The first kappa shape index (κ1) is 12.5. The molecular formula is C12H21N3O2. The molecule has 0 aliphatic carbocycles. The van der Waals surface area contributed by atoms with Crippen molar-refractivity contribution < 1.29 is 9.47 Å². The summed E-state index contributed by atoms with van der Waals surface area (Å²) in [5.41, 5.74) is 1.16. The highest BCUT2D eigenvalue weighted by Gasteiger charge is 2.26. The van der Waals surface area contributed by atoms with Gasteiger partial charge in [-0.3, -0.25) is 4.68 Å². The highest BCUT2D eigenvalue weighted by atomic mass is 16.6. The molecule has 2 atom stereocenters. The summed E-state index contributed by atoms with van der Waals surface area (Å²) in [4.78, 5) is 0. The summed E-state index contributed by atoms with van der Waals surface area (Å²) in [6, 6.07) is 0.170. The molecular weight excluding hydrogens is 218 g/mol. The van der Waals surface area contributed by atoms with Gasteiger partial charge in [0.05, 0.1) is 32.1 Å². The van der Waals surface area contributed by atoms with Gasteiger partial charge < -0.3 is 14.8 Å². The van der Waals surface area contributed by atoms with Crippen LogP contribution in [0.5, 0.6) is 0 Å². The predicted octanol–water partition coefficient (Wildman–Crippen LogP) is 0.876. The maximum Gasteiger partial charge on any atom is 0.100 e. The van der Waals surface area contributed by atoms with Crippen LogP contribution in [0, 0.1) is 0 Å². The van der Waals surface area contributed by atoms with Crippen molar-refractivity contribution in [3.8, 4) is 0 Å². The van der Waals surface area contributed by atoms with Crippen molar-refractivity contribution in [1.82, 2.24) is 15.1 Å². The number of nitrogens with one attached hydrogen (secondary N) is 1. The monoisotopic (exact) mass is 239 g/mol. The standard InChI is InChI=1S/C12H21N3O2/c1-3-4-13-12(10-7-14-15(2)8-10)11-9-16-5-6-17-11/h7-8,11-13H,3-6,9H2,1-2H3. The molecule has 0 aromatic carbocycles. The summed E-state index contributed by atoms with van der Waals surface area (Å²) in [5, 5.41) is 7.73. The molecule has 1 saturated heterocycles. The Bertz CT molecular complexity index is 334. The molecule has 0 radical (unpaired) electrons. The molecule has 1 aliphatic rings. The number of rotatable bonds is 5. The van der Waals surface area contributed by atoms with E-state index in [0.717, 1.165) is 18.5 Å². The van der Waals surface area contributed by atoms with Crippen LogP contribution in [0.2, 0.25) is 0 Å². The minimum Gasteiger partial charge on any atom is -0.376 e. The normalized spacial score (nSPS) is 22.6. The number of aromatic nitrogens is 2. The van der Waals surface area contributed by atoms with Gasteiger partial charge in [0.15, 0.2) is 0 Å². The molecule has 0 amide bonds. The first-order chi connectivity index (χ1) is 8.31. The molecule has 1 aromatic rings. The number of nitrogens with zero attached hydrogens (tertiary/aromatic N) is 2. The van der Waals surface area contributed by atoms with Gasteiger partial charge in [0, 0.05) is 18.8 Å². The smallest absolute Gasteiger partial charge is 0.100 e. The SMILES string of the molecule is CCCNC(c1cnn(C)c1)C1COCCO1. The van der Waals surface area contributed by atoms with Gasteiger partial charge in [-0.2, -0.15) is 5.10 Å². The van der Waals surface area contributed by atoms with Crippen molar-refractivity contribution >= 4 is 0 Å². The minimum absolute atomic E-state index is 0.0829. The molecule has 1 aromatic heterocycles. The van der Waals surface area contributed by atoms with E-state index in [-0.39, 0.29) is 12.1 Å². The van der Waals surface area contributed by atoms with Crippen LogP contribution in [0.15, 0.2) is 12.4 Å². The molecule has 96 valence electrons.